The molecular weight excluding hydrogens is 158 g/mol. The quantitative estimate of drug-likeness (QED) is 0.691. The molecule has 0 radical (unpaired) electrons. The zero-order valence-corrected chi connectivity index (χ0v) is 8.38. The molecule has 70 valence electrons. The average molecular weight is 175 g/mol. The van der Waals surface area contributed by atoms with E-state index in [1.165, 1.54) is 17.5 Å². The van der Waals surface area contributed by atoms with Crippen molar-refractivity contribution in [3.8, 4) is 0 Å². The van der Waals surface area contributed by atoms with Crippen LogP contribution in [0.2, 0.25) is 0 Å². The molecule has 1 aromatic rings. The summed E-state index contributed by atoms with van der Waals surface area (Å²) in [6, 6.07) is 9.63. The maximum Gasteiger partial charge on any atom is 0.00452 e. The molecule has 1 heteroatoms. The van der Waals surface area contributed by atoms with E-state index in [4.69, 9.17) is 0 Å². The number of hydrogen-bond donors (Lipinski definition) is 1. The maximum absolute atomic E-state index is 3.48. The van der Waals surface area contributed by atoms with E-state index in [2.05, 4.69) is 43.4 Å². The molecule has 0 bridgehead atoms. The second-order valence-electron chi connectivity index (χ2n) is 4.15. The van der Waals surface area contributed by atoms with E-state index in [1.807, 2.05) is 0 Å². The summed E-state index contributed by atoms with van der Waals surface area (Å²) in [6.45, 7) is 5.54. The second-order valence-corrected chi connectivity index (χ2v) is 4.15. The van der Waals surface area contributed by atoms with Crippen molar-refractivity contribution < 1.29 is 0 Å². The van der Waals surface area contributed by atoms with Gasteiger partial charge in [0.05, 0.1) is 0 Å². The summed E-state index contributed by atoms with van der Waals surface area (Å²) < 4.78 is 0. The molecule has 0 saturated carbocycles. The van der Waals surface area contributed by atoms with E-state index in [1.54, 1.807) is 0 Å². The first-order valence-electron chi connectivity index (χ1n) is 5.05. The highest BCUT2D eigenvalue weighted by molar-refractivity contribution is 5.25. The number of benzene rings is 1. The summed E-state index contributed by atoms with van der Waals surface area (Å²) in [5.74, 6) is 0.732. The Bertz CT molecular complexity index is 276. The Balaban J connectivity index is 2.13. The van der Waals surface area contributed by atoms with E-state index in [-0.39, 0.29) is 0 Å². The fraction of sp³-hybridized carbons (Fsp3) is 0.500. The number of hydrogen-bond acceptors (Lipinski definition) is 1. The topological polar surface area (TPSA) is 12.0 Å². The third-order valence-corrected chi connectivity index (χ3v) is 2.90. The average Bonchev–Trinajstić information content (AvgIpc) is 2.53. The van der Waals surface area contributed by atoms with Gasteiger partial charge in [-0.15, -0.1) is 0 Å². The summed E-state index contributed by atoms with van der Waals surface area (Å²) in [5, 5.41) is 3.48. The molecule has 0 aromatic heterocycles. The van der Waals surface area contributed by atoms with Gasteiger partial charge < -0.3 is 5.32 Å². The van der Waals surface area contributed by atoms with Crippen molar-refractivity contribution in [2.45, 2.75) is 32.2 Å². The predicted octanol–water partition coefficient (Wildman–Crippen LogP) is 2.46. The van der Waals surface area contributed by atoms with Gasteiger partial charge in [0.25, 0.3) is 0 Å². The molecule has 1 aliphatic heterocycles. The lowest BCUT2D eigenvalue weighted by Crippen LogP contribution is -2.16. The van der Waals surface area contributed by atoms with Gasteiger partial charge in [-0.2, -0.15) is 0 Å². The van der Waals surface area contributed by atoms with Gasteiger partial charge >= 0.3 is 0 Å². The van der Waals surface area contributed by atoms with Crippen LogP contribution in [-0.4, -0.2) is 12.6 Å². The third kappa shape index (κ3) is 1.92. The number of aryl methyl sites for hydroxylation is 1. The van der Waals surface area contributed by atoms with Crippen molar-refractivity contribution in [2.24, 2.45) is 0 Å². The van der Waals surface area contributed by atoms with Gasteiger partial charge in [0.2, 0.25) is 0 Å². The first-order chi connectivity index (χ1) is 6.25. The van der Waals surface area contributed by atoms with Crippen molar-refractivity contribution >= 4 is 0 Å². The SMILES string of the molecule is Cc1ccc([C@@H]2CN[C@@H](C)C2)cc1. The summed E-state index contributed by atoms with van der Waals surface area (Å²) in [4.78, 5) is 0. The zero-order chi connectivity index (χ0) is 9.26. The van der Waals surface area contributed by atoms with Crippen LogP contribution in [0.25, 0.3) is 0 Å². The molecular formula is C12H17N. The largest absolute Gasteiger partial charge is 0.314 e. The van der Waals surface area contributed by atoms with Gasteiger partial charge in [-0.25, -0.2) is 0 Å². The molecule has 1 fully saturated rings. The van der Waals surface area contributed by atoms with Crippen LogP contribution in [0.1, 0.15) is 30.4 Å². The van der Waals surface area contributed by atoms with Crippen LogP contribution >= 0.6 is 0 Å². The van der Waals surface area contributed by atoms with E-state index < -0.39 is 0 Å². The summed E-state index contributed by atoms with van der Waals surface area (Å²) in [5.41, 5.74) is 2.84. The smallest absolute Gasteiger partial charge is 0.00452 e. The highest BCUT2D eigenvalue weighted by atomic mass is 14.9. The van der Waals surface area contributed by atoms with Crippen molar-refractivity contribution in [2.75, 3.05) is 6.54 Å². The Morgan fingerprint density at radius 3 is 2.46 bits per heavy atom. The van der Waals surface area contributed by atoms with Crippen LogP contribution in [0.4, 0.5) is 0 Å². The molecule has 1 aliphatic rings. The lowest BCUT2D eigenvalue weighted by Gasteiger charge is -2.08. The number of nitrogens with one attached hydrogen (secondary N) is 1. The fourth-order valence-corrected chi connectivity index (χ4v) is 2.03. The van der Waals surface area contributed by atoms with Crippen molar-refractivity contribution in [1.29, 1.82) is 0 Å². The van der Waals surface area contributed by atoms with E-state index in [0.717, 1.165) is 12.5 Å². The molecule has 2 atom stereocenters. The summed E-state index contributed by atoms with van der Waals surface area (Å²) in [7, 11) is 0. The predicted molar refractivity (Wildman–Crippen MR) is 56.0 cm³/mol. The lowest BCUT2D eigenvalue weighted by molar-refractivity contribution is 0.658. The molecule has 0 unspecified atom stereocenters. The minimum Gasteiger partial charge on any atom is -0.314 e. The van der Waals surface area contributed by atoms with Crippen LogP contribution in [0.5, 0.6) is 0 Å². The molecule has 1 saturated heterocycles. The van der Waals surface area contributed by atoms with Crippen LogP contribution in [0, 0.1) is 6.92 Å². The van der Waals surface area contributed by atoms with Crippen molar-refractivity contribution in [3.63, 3.8) is 0 Å². The van der Waals surface area contributed by atoms with Gasteiger partial charge in [0.15, 0.2) is 0 Å². The first kappa shape index (κ1) is 8.76. The minimum atomic E-state index is 0.686. The molecule has 2 rings (SSSR count). The van der Waals surface area contributed by atoms with E-state index >= 15 is 0 Å². The molecule has 13 heavy (non-hydrogen) atoms. The molecule has 1 N–H and O–H groups in total. The Hall–Kier alpha value is -0.820. The van der Waals surface area contributed by atoms with Crippen LogP contribution in [0.3, 0.4) is 0 Å². The van der Waals surface area contributed by atoms with E-state index in [0.29, 0.717) is 6.04 Å². The second kappa shape index (κ2) is 3.51. The fourth-order valence-electron chi connectivity index (χ4n) is 2.03. The first-order valence-corrected chi connectivity index (χ1v) is 5.05. The molecule has 1 aromatic carbocycles. The van der Waals surface area contributed by atoms with Gasteiger partial charge in [0, 0.05) is 12.6 Å². The Morgan fingerprint density at radius 1 is 1.23 bits per heavy atom. The molecule has 0 aliphatic carbocycles. The van der Waals surface area contributed by atoms with Crippen molar-refractivity contribution in [3.05, 3.63) is 35.4 Å². The highest BCUT2D eigenvalue weighted by Gasteiger charge is 2.21. The zero-order valence-electron chi connectivity index (χ0n) is 8.38. The lowest BCUT2D eigenvalue weighted by atomic mass is 9.96. The van der Waals surface area contributed by atoms with Gasteiger partial charge in [-0.1, -0.05) is 29.8 Å². The maximum atomic E-state index is 3.48. The summed E-state index contributed by atoms with van der Waals surface area (Å²) in [6.07, 6.45) is 1.28. The standard InChI is InChI=1S/C12H17N/c1-9-3-5-11(6-4-9)12-7-10(2)13-8-12/h3-6,10,12-13H,7-8H2,1-2H3/t10-,12-/m0/s1. The van der Waals surface area contributed by atoms with E-state index in [9.17, 15) is 0 Å². The van der Waals surface area contributed by atoms with Crippen molar-refractivity contribution in [1.82, 2.24) is 5.32 Å². The van der Waals surface area contributed by atoms with Crippen LogP contribution in [-0.2, 0) is 0 Å². The monoisotopic (exact) mass is 175 g/mol. The van der Waals surface area contributed by atoms with Crippen LogP contribution < -0.4 is 5.32 Å². The summed E-state index contributed by atoms with van der Waals surface area (Å²) >= 11 is 0. The molecule has 1 heterocycles. The molecule has 0 amide bonds. The Kier molecular flexibility index (Phi) is 2.36. The Morgan fingerprint density at radius 2 is 1.92 bits per heavy atom. The molecule has 1 nitrogen and oxygen atoms in total. The van der Waals surface area contributed by atoms with Gasteiger partial charge in [-0.3, -0.25) is 0 Å². The molecule has 0 spiro atoms. The number of rotatable bonds is 1. The Labute approximate surface area is 80.2 Å². The highest BCUT2D eigenvalue weighted by Crippen LogP contribution is 2.25. The minimum absolute atomic E-state index is 0.686. The van der Waals surface area contributed by atoms with Gasteiger partial charge in [-0.05, 0) is 31.7 Å². The third-order valence-electron chi connectivity index (χ3n) is 2.90. The normalized spacial score (nSPS) is 27.8. The van der Waals surface area contributed by atoms with Gasteiger partial charge in [0.1, 0.15) is 0 Å². The van der Waals surface area contributed by atoms with Crippen LogP contribution in [0.15, 0.2) is 24.3 Å².